The van der Waals surface area contributed by atoms with Crippen LogP contribution in [0.4, 0.5) is 0 Å². The van der Waals surface area contributed by atoms with E-state index in [-0.39, 0.29) is 58.4 Å². The van der Waals surface area contributed by atoms with Crippen molar-refractivity contribution in [1.29, 1.82) is 0 Å². The molecule has 0 spiro atoms. The van der Waals surface area contributed by atoms with E-state index in [2.05, 4.69) is 32.9 Å². The van der Waals surface area contributed by atoms with E-state index in [1.54, 1.807) is 0 Å². The maximum absolute atomic E-state index is 10.5. The van der Waals surface area contributed by atoms with E-state index in [1.165, 1.54) is 17.6 Å². The molecule has 1 amide bonds. The Balaban J connectivity index is -0.000000252. The zero-order valence-electron chi connectivity index (χ0n) is 12.4. The fourth-order valence-corrected chi connectivity index (χ4v) is 2.36. The van der Waals surface area contributed by atoms with Gasteiger partial charge in [0.15, 0.2) is 0 Å². The molecule has 1 atom stereocenters. The normalized spacial score (nSPS) is 20.9. The third-order valence-corrected chi connectivity index (χ3v) is 3.51. The monoisotopic (exact) mass is 351 g/mol. The van der Waals surface area contributed by atoms with Crippen molar-refractivity contribution >= 4 is 5.91 Å². The van der Waals surface area contributed by atoms with Gasteiger partial charge in [0.25, 0.3) is 0 Å². The van der Waals surface area contributed by atoms with Crippen LogP contribution in [0.2, 0.25) is 0 Å². The molecule has 1 saturated carbocycles. The molecule has 5 heteroatoms. The van der Waals surface area contributed by atoms with Crippen LogP contribution in [0.3, 0.4) is 0 Å². The molecule has 1 N–H and O–H groups in total. The smallest absolute Gasteiger partial charge is 1.00 e. The van der Waals surface area contributed by atoms with Crippen molar-refractivity contribution in [3.63, 3.8) is 0 Å². The first-order valence-corrected chi connectivity index (χ1v) is 6.55. The summed E-state index contributed by atoms with van der Waals surface area (Å²) in [6.45, 7) is 6.39. The summed E-state index contributed by atoms with van der Waals surface area (Å²) in [5, 5.41) is 0. The Morgan fingerprint density at radius 3 is 1.90 bits per heavy atom. The Morgan fingerprint density at radius 1 is 1.20 bits per heavy atom. The van der Waals surface area contributed by atoms with Crippen molar-refractivity contribution in [2.75, 3.05) is 0 Å². The largest absolute Gasteiger partial charge is 4.00 e. The van der Waals surface area contributed by atoms with Gasteiger partial charge in [-0.05, 0) is 12.8 Å². The van der Waals surface area contributed by atoms with Crippen LogP contribution in [-0.4, -0.2) is 5.91 Å². The average molecular weight is 352 g/mol. The zero-order valence-corrected chi connectivity index (χ0v) is 15.5. The van der Waals surface area contributed by atoms with Crippen molar-refractivity contribution in [2.45, 2.75) is 52.9 Å². The summed E-state index contributed by atoms with van der Waals surface area (Å²) < 4.78 is 0. The maximum atomic E-state index is 10.5. The molecular weight excluding hydrogens is 329 g/mol. The molecule has 2 rings (SSSR count). The molecule has 0 aromatic heterocycles. The summed E-state index contributed by atoms with van der Waals surface area (Å²) in [6.07, 6.45) is 11.0. The third kappa shape index (κ3) is 9.23. The first kappa shape index (κ1) is 25.2. The van der Waals surface area contributed by atoms with E-state index in [0.717, 1.165) is 25.7 Å². The zero-order chi connectivity index (χ0) is 12.8. The van der Waals surface area contributed by atoms with Crippen LogP contribution in [-0.2, 0) is 26.5 Å². The summed E-state index contributed by atoms with van der Waals surface area (Å²) in [7, 11) is 0. The molecule has 0 bridgehead atoms. The van der Waals surface area contributed by atoms with E-state index < -0.39 is 0 Å². The summed E-state index contributed by atoms with van der Waals surface area (Å²) in [5.74, 6) is 0.281. The van der Waals surface area contributed by atoms with Gasteiger partial charge < -0.3 is 35.3 Å². The van der Waals surface area contributed by atoms with Gasteiger partial charge in [-0.3, -0.25) is 6.08 Å². The van der Waals surface area contributed by atoms with Crippen molar-refractivity contribution in [1.82, 2.24) is 0 Å². The molecule has 1 fully saturated rings. The van der Waals surface area contributed by atoms with Crippen LogP contribution in [0.15, 0.2) is 17.2 Å². The molecule has 2 aliphatic rings. The molecule has 0 aliphatic heterocycles. The van der Waals surface area contributed by atoms with Gasteiger partial charge in [0.1, 0.15) is 0 Å². The van der Waals surface area contributed by atoms with Gasteiger partial charge in [-0.15, -0.1) is 6.92 Å². The second kappa shape index (κ2) is 12.9. The van der Waals surface area contributed by atoms with Crippen LogP contribution in [0.1, 0.15) is 52.9 Å². The van der Waals surface area contributed by atoms with Gasteiger partial charge in [-0.25, -0.2) is 11.1 Å². The molecule has 0 heterocycles. The van der Waals surface area contributed by atoms with Crippen molar-refractivity contribution in [2.24, 2.45) is 11.8 Å². The van der Waals surface area contributed by atoms with E-state index in [9.17, 15) is 4.79 Å². The van der Waals surface area contributed by atoms with E-state index in [1.807, 2.05) is 0 Å². The fraction of sp³-hybridized carbons (Fsp3) is 0.667. The first-order chi connectivity index (χ1) is 8.00. The van der Waals surface area contributed by atoms with Crippen LogP contribution in [0, 0.1) is 17.9 Å². The number of nitrogens with one attached hydrogen (secondary N) is 1. The minimum Gasteiger partial charge on any atom is -1.00 e. The molecule has 0 aromatic carbocycles. The van der Waals surface area contributed by atoms with Gasteiger partial charge in [0, 0.05) is 5.92 Å². The predicted molar refractivity (Wildman–Crippen MR) is 71.3 cm³/mol. The molecular formula is C15H23Cl2NOTi. The third-order valence-electron chi connectivity index (χ3n) is 3.51. The van der Waals surface area contributed by atoms with E-state index in [4.69, 9.17) is 5.73 Å². The van der Waals surface area contributed by atoms with Crippen LogP contribution < -0.4 is 24.8 Å². The SMILES string of the molecule is CC1=[C-]C(C)C=C1C.[Cl-].[Cl-].[NH-]C(=O)C1CCCCC1.[Ti+4]. The molecule has 2 nitrogen and oxygen atoms in total. The van der Waals surface area contributed by atoms with E-state index in [0.29, 0.717) is 5.92 Å². The summed E-state index contributed by atoms with van der Waals surface area (Å²) in [6, 6.07) is 0. The standard InChI is InChI=1S/C8H11.C7H13NO.2ClH.Ti/c1-6-4-7(2)8(3)5-6;8-7(9)6-4-2-1-3-5-6;;;/h4,6H,1-3H3;6H,1-5H2,(H2,8,9);2*1H;/q-1;;;;+4/p-3. The van der Waals surface area contributed by atoms with Crippen molar-refractivity contribution < 1.29 is 51.3 Å². The number of carbonyl (C=O) groups is 1. The number of allylic oxidation sites excluding steroid dienone is 4. The minimum absolute atomic E-state index is 0. The Hall–Kier alpha value is 0.244. The number of halogens is 2. The molecule has 2 aliphatic carbocycles. The van der Waals surface area contributed by atoms with E-state index >= 15 is 0 Å². The summed E-state index contributed by atoms with van der Waals surface area (Å²) in [5.41, 5.74) is 9.54. The van der Waals surface area contributed by atoms with Crippen molar-refractivity contribution in [3.8, 4) is 0 Å². The molecule has 0 aromatic rings. The molecule has 0 saturated heterocycles. The predicted octanol–water partition coefficient (Wildman–Crippen LogP) is -1.52. The number of amides is 1. The second-order valence-electron chi connectivity index (χ2n) is 5.11. The fourth-order valence-electron chi connectivity index (χ4n) is 2.36. The van der Waals surface area contributed by atoms with Gasteiger partial charge in [-0.2, -0.15) is 6.08 Å². The van der Waals surface area contributed by atoms with Gasteiger partial charge in [0.05, 0.1) is 5.91 Å². The molecule has 1 unspecified atom stereocenters. The molecule has 0 radical (unpaired) electrons. The van der Waals surface area contributed by atoms with Crippen LogP contribution in [0.5, 0.6) is 0 Å². The quantitative estimate of drug-likeness (QED) is 0.418. The van der Waals surface area contributed by atoms with Crippen LogP contribution in [0.25, 0.3) is 5.73 Å². The summed E-state index contributed by atoms with van der Waals surface area (Å²) >= 11 is 0. The Morgan fingerprint density at radius 2 is 1.70 bits per heavy atom. The number of rotatable bonds is 1. The molecule has 112 valence electrons. The summed E-state index contributed by atoms with van der Waals surface area (Å²) in [4.78, 5) is 10.5. The van der Waals surface area contributed by atoms with Gasteiger partial charge in [0.2, 0.25) is 0 Å². The minimum atomic E-state index is -0.352. The Labute approximate surface area is 150 Å². The number of carbonyl (C=O) groups excluding carboxylic acids is 1. The van der Waals surface area contributed by atoms with Crippen LogP contribution >= 0.6 is 0 Å². The Kier molecular flexibility index (Phi) is 16.3. The number of hydrogen-bond donors (Lipinski definition) is 0. The second-order valence-corrected chi connectivity index (χ2v) is 5.11. The van der Waals surface area contributed by atoms with Crippen molar-refractivity contribution in [3.05, 3.63) is 29.0 Å². The average Bonchev–Trinajstić information content (AvgIpc) is 2.58. The van der Waals surface area contributed by atoms with Gasteiger partial charge >= 0.3 is 21.7 Å². The first-order valence-electron chi connectivity index (χ1n) is 6.55. The number of hydrogen-bond acceptors (Lipinski definition) is 1. The topological polar surface area (TPSA) is 40.9 Å². The Bertz CT molecular complexity index is 319. The molecule has 20 heavy (non-hydrogen) atoms. The van der Waals surface area contributed by atoms with Gasteiger partial charge in [-0.1, -0.05) is 39.0 Å². The maximum Gasteiger partial charge on any atom is 4.00 e.